The molecule has 1 aliphatic carbocycles. The highest BCUT2D eigenvalue weighted by molar-refractivity contribution is 6.32. The van der Waals surface area contributed by atoms with Gasteiger partial charge in [-0.25, -0.2) is 0 Å². The van der Waals surface area contributed by atoms with E-state index in [0.717, 1.165) is 0 Å². The summed E-state index contributed by atoms with van der Waals surface area (Å²) in [6, 6.07) is 7.08. The summed E-state index contributed by atoms with van der Waals surface area (Å²) in [5, 5.41) is 0. The number of hydrogen-bond acceptors (Lipinski definition) is 4. The Morgan fingerprint density at radius 2 is 1.53 bits per heavy atom. The minimum absolute atomic E-state index is 0. The third-order valence-electron chi connectivity index (χ3n) is 3.94. The van der Waals surface area contributed by atoms with Crippen molar-refractivity contribution in [2.24, 2.45) is 0 Å². The number of ether oxygens (including phenoxy) is 1. The molecule has 1 saturated heterocycles. The zero-order valence-electron chi connectivity index (χ0n) is 10.7. The Kier molecular flexibility index (Phi) is 3.76. The molecule has 0 spiro atoms. The molecule has 0 radical (unpaired) electrons. The highest BCUT2D eigenvalue weighted by Gasteiger charge is 2.53. The molecule has 1 fully saturated rings. The zero-order chi connectivity index (χ0) is 12.8. The Hall–Kier alpha value is -1.23. The molecule has 5 heteroatoms. The number of benzene rings is 1. The molecule has 0 amide bonds. The number of halogens is 1. The lowest BCUT2D eigenvalue weighted by Crippen LogP contribution is -2.58. The van der Waals surface area contributed by atoms with E-state index in [9.17, 15) is 9.59 Å². The molecule has 3 rings (SSSR count). The van der Waals surface area contributed by atoms with Gasteiger partial charge < -0.3 is 4.74 Å². The fourth-order valence-corrected chi connectivity index (χ4v) is 2.80. The SMILES string of the molecule is CC1(N2CCOCC2)C(=O)c2ccccc2C1=O.Cl. The lowest BCUT2D eigenvalue weighted by Gasteiger charge is -2.37. The molecule has 19 heavy (non-hydrogen) atoms. The molecule has 1 aromatic rings. The minimum atomic E-state index is -1.03. The molecular formula is C14H16ClNO3. The third-order valence-corrected chi connectivity index (χ3v) is 3.94. The lowest BCUT2D eigenvalue weighted by molar-refractivity contribution is -0.00254. The molecule has 1 aromatic carbocycles. The second-order valence-corrected chi connectivity index (χ2v) is 4.88. The number of hydrogen-bond donors (Lipinski definition) is 0. The number of Topliss-reactive ketones (excluding diaryl/α,β-unsaturated/α-hetero) is 2. The monoisotopic (exact) mass is 281 g/mol. The van der Waals surface area contributed by atoms with Gasteiger partial charge in [0, 0.05) is 24.2 Å². The van der Waals surface area contributed by atoms with Crippen LogP contribution in [-0.2, 0) is 4.74 Å². The summed E-state index contributed by atoms with van der Waals surface area (Å²) in [4.78, 5) is 27.0. The van der Waals surface area contributed by atoms with Crippen LogP contribution in [0.25, 0.3) is 0 Å². The summed E-state index contributed by atoms with van der Waals surface area (Å²) in [7, 11) is 0. The van der Waals surface area contributed by atoms with Crippen LogP contribution in [0.3, 0.4) is 0 Å². The van der Waals surface area contributed by atoms with Crippen LogP contribution < -0.4 is 0 Å². The Morgan fingerprint density at radius 3 is 2.00 bits per heavy atom. The Balaban J connectivity index is 0.00000133. The van der Waals surface area contributed by atoms with Crippen molar-refractivity contribution in [2.75, 3.05) is 26.3 Å². The van der Waals surface area contributed by atoms with E-state index in [1.165, 1.54) is 0 Å². The van der Waals surface area contributed by atoms with Crippen LogP contribution in [0, 0.1) is 0 Å². The molecule has 0 bridgehead atoms. The van der Waals surface area contributed by atoms with Gasteiger partial charge in [-0.3, -0.25) is 14.5 Å². The van der Waals surface area contributed by atoms with Gasteiger partial charge in [-0.1, -0.05) is 24.3 Å². The van der Waals surface area contributed by atoms with E-state index in [0.29, 0.717) is 37.4 Å². The lowest BCUT2D eigenvalue weighted by atomic mass is 9.93. The molecule has 4 nitrogen and oxygen atoms in total. The van der Waals surface area contributed by atoms with Gasteiger partial charge in [-0.05, 0) is 6.92 Å². The largest absolute Gasteiger partial charge is 0.379 e. The second-order valence-electron chi connectivity index (χ2n) is 4.88. The summed E-state index contributed by atoms with van der Waals surface area (Å²) in [5.74, 6) is -0.157. The van der Waals surface area contributed by atoms with Crippen LogP contribution >= 0.6 is 12.4 Å². The van der Waals surface area contributed by atoms with Crippen LogP contribution in [0.15, 0.2) is 24.3 Å². The predicted molar refractivity (Wildman–Crippen MR) is 73.1 cm³/mol. The van der Waals surface area contributed by atoms with Gasteiger partial charge in [0.1, 0.15) is 5.54 Å². The summed E-state index contributed by atoms with van der Waals surface area (Å²) in [6.45, 7) is 4.14. The van der Waals surface area contributed by atoms with Crippen LogP contribution in [0.5, 0.6) is 0 Å². The first-order valence-corrected chi connectivity index (χ1v) is 6.17. The summed E-state index contributed by atoms with van der Waals surface area (Å²) in [5.41, 5.74) is 0.0704. The van der Waals surface area contributed by atoms with E-state index in [1.54, 1.807) is 31.2 Å². The molecule has 0 unspecified atom stereocenters. The van der Waals surface area contributed by atoms with Crippen LogP contribution in [0.4, 0.5) is 0 Å². The number of carbonyl (C=O) groups is 2. The number of fused-ring (bicyclic) bond motifs is 1. The van der Waals surface area contributed by atoms with Crippen molar-refractivity contribution in [1.29, 1.82) is 0 Å². The number of rotatable bonds is 1. The Bertz CT molecular complexity index is 488. The fourth-order valence-electron chi connectivity index (χ4n) is 2.80. The van der Waals surface area contributed by atoms with Crippen LogP contribution in [0.1, 0.15) is 27.6 Å². The molecule has 0 saturated carbocycles. The van der Waals surface area contributed by atoms with E-state index in [1.807, 2.05) is 4.90 Å². The zero-order valence-corrected chi connectivity index (χ0v) is 11.5. The normalized spacial score (nSPS) is 21.9. The number of morpholine rings is 1. The Morgan fingerprint density at radius 1 is 1.05 bits per heavy atom. The van der Waals surface area contributed by atoms with Gasteiger partial charge in [-0.2, -0.15) is 0 Å². The summed E-state index contributed by atoms with van der Waals surface area (Å²) in [6.07, 6.45) is 0. The number of carbonyl (C=O) groups excluding carboxylic acids is 2. The number of nitrogens with zero attached hydrogens (tertiary/aromatic N) is 1. The van der Waals surface area contributed by atoms with E-state index in [-0.39, 0.29) is 24.0 Å². The van der Waals surface area contributed by atoms with Gasteiger partial charge in [-0.15, -0.1) is 12.4 Å². The topological polar surface area (TPSA) is 46.6 Å². The van der Waals surface area contributed by atoms with Gasteiger partial charge in [0.2, 0.25) is 0 Å². The molecule has 1 aliphatic heterocycles. The van der Waals surface area contributed by atoms with E-state index >= 15 is 0 Å². The van der Waals surface area contributed by atoms with Gasteiger partial charge in [0.25, 0.3) is 0 Å². The minimum Gasteiger partial charge on any atom is -0.379 e. The molecular weight excluding hydrogens is 266 g/mol. The molecule has 1 heterocycles. The van der Waals surface area contributed by atoms with Crippen molar-refractivity contribution in [3.63, 3.8) is 0 Å². The van der Waals surface area contributed by atoms with Gasteiger partial charge in [0.15, 0.2) is 11.6 Å². The molecule has 0 atom stereocenters. The van der Waals surface area contributed by atoms with E-state index in [4.69, 9.17) is 4.74 Å². The van der Waals surface area contributed by atoms with Gasteiger partial charge >= 0.3 is 0 Å². The van der Waals surface area contributed by atoms with Crippen LogP contribution in [-0.4, -0.2) is 48.3 Å². The summed E-state index contributed by atoms with van der Waals surface area (Å²) < 4.78 is 5.29. The quantitative estimate of drug-likeness (QED) is 0.733. The average molecular weight is 282 g/mol. The highest BCUT2D eigenvalue weighted by Crippen LogP contribution is 2.34. The first-order chi connectivity index (χ1) is 8.65. The summed E-state index contributed by atoms with van der Waals surface area (Å²) >= 11 is 0. The second kappa shape index (κ2) is 5.04. The number of ketones is 2. The van der Waals surface area contributed by atoms with Gasteiger partial charge in [0.05, 0.1) is 13.2 Å². The molecule has 102 valence electrons. The first kappa shape index (κ1) is 14.2. The van der Waals surface area contributed by atoms with Crippen molar-refractivity contribution in [3.05, 3.63) is 35.4 Å². The molecule has 0 aromatic heterocycles. The maximum Gasteiger partial charge on any atom is 0.191 e. The van der Waals surface area contributed by atoms with Crippen LogP contribution in [0.2, 0.25) is 0 Å². The molecule has 2 aliphatic rings. The first-order valence-electron chi connectivity index (χ1n) is 6.17. The maximum absolute atomic E-state index is 12.5. The van der Waals surface area contributed by atoms with E-state index < -0.39 is 5.54 Å². The van der Waals surface area contributed by atoms with Crippen molar-refractivity contribution in [3.8, 4) is 0 Å². The smallest absolute Gasteiger partial charge is 0.191 e. The molecule has 0 N–H and O–H groups in total. The standard InChI is InChI=1S/C14H15NO3.ClH/c1-14(15-6-8-18-9-7-15)12(16)10-4-2-3-5-11(10)13(14)17;/h2-5H,6-9H2,1H3;1H. The average Bonchev–Trinajstić information content (AvgIpc) is 2.64. The maximum atomic E-state index is 12.5. The fraction of sp³-hybridized carbons (Fsp3) is 0.429. The Labute approximate surface area is 118 Å². The van der Waals surface area contributed by atoms with Crippen molar-refractivity contribution in [1.82, 2.24) is 4.90 Å². The van der Waals surface area contributed by atoms with E-state index in [2.05, 4.69) is 0 Å². The third kappa shape index (κ3) is 1.91. The van der Waals surface area contributed by atoms with Crippen molar-refractivity contribution < 1.29 is 14.3 Å². The van der Waals surface area contributed by atoms with Crippen molar-refractivity contribution >= 4 is 24.0 Å². The highest BCUT2D eigenvalue weighted by atomic mass is 35.5. The van der Waals surface area contributed by atoms with Crippen molar-refractivity contribution in [2.45, 2.75) is 12.5 Å². The predicted octanol–water partition coefficient (Wildman–Crippen LogP) is 1.58.